The van der Waals surface area contributed by atoms with E-state index >= 15 is 0 Å². The first-order valence-corrected chi connectivity index (χ1v) is 4.38. The van der Waals surface area contributed by atoms with Crippen LogP contribution in [0.15, 0.2) is 30.3 Å². The Balaban J connectivity index is 0.000001000. The van der Waals surface area contributed by atoms with E-state index in [1.54, 1.807) is 18.2 Å². The van der Waals surface area contributed by atoms with Crippen LogP contribution in [0.5, 0.6) is 0 Å². The molecule has 5 heteroatoms. The van der Waals surface area contributed by atoms with Gasteiger partial charge in [0.05, 0.1) is 0 Å². The molecule has 0 radical (unpaired) electrons. The van der Waals surface area contributed by atoms with Crippen molar-refractivity contribution in [3.63, 3.8) is 0 Å². The number of hydrogen-bond acceptors (Lipinski definition) is 3. The minimum Gasteiger partial charge on any atom is -0.189 e. The largest absolute Gasteiger partial charge is 0.440 e. The fraction of sp³-hybridized carbons (Fsp3) is 0. The molecule has 0 amide bonds. The molecule has 0 unspecified atom stereocenters. The summed E-state index contributed by atoms with van der Waals surface area (Å²) in [4.78, 5) is 26.1. The van der Waals surface area contributed by atoms with Crippen molar-refractivity contribution in [2.45, 2.75) is 0 Å². The number of hydrogen-bond donors (Lipinski definition) is 3. The summed E-state index contributed by atoms with van der Waals surface area (Å²) in [6, 6.07) is 7.93. The van der Waals surface area contributed by atoms with Gasteiger partial charge in [0.1, 0.15) is 0 Å². The van der Waals surface area contributed by atoms with Crippen LogP contribution in [0.3, 0.4) is 0 Å². The third-order valence-corrected chi connectivity index (χ3v) is 2.09. The van der Waals surface area contributed by atoms with Gasteiger partial charge >= 0.3 is 7.94 Å². The molecule has 11 heavy (non-hydrogen) atoms. The van der Waals surface area contributed by atoms with Gasteiger partial charge in [-0.3, -0.25) is 0 Å². The molecule has 0 saturated carbocycles. The van der Waals surface area contributed by atoms with Crippen molar-refractivity contribution in [1.29, 1.82) is 0 Å². The molecule has 0 aliphatic heterocycles. The van der Waals surface area contributed by atoms with Gasteiger partial charge in [0.25, 0.3) is 0 Å². The molecule has 0 heterocycles. The molecule has 0 atom stereocenters. The predicted octanol–water partition coefficient (Wildman–Crippen LogP) is 0.0489. The van der Waals surface area contributed by atoms with E-state index in [-0.39, 0.29) is 24.8 Å². The summed E-state index contributed by atoms with van der Waals surface area (Å²) in [5.74, 6) is 0. The standard InChI is InChI=1S/C6H8O3P.Zn/c7-10(8,9)6-4-2-1-3-5-6;/h1-5,7-9H;/q+1;. The molecule has 1 aromatic rings. The zero-order valence-corrected chi connectivity index (χ0v) is 9.74. The smallest absolute Gasteiger partial charge is 0.189 e. The van der Waals surface area contributed by atoms with Crippen molar-refractivity contribution in [3.8, 4) is 0 Å². The molecule has 1 aromatic carbocycles. The van der Waals surface area contributed by atoms with Crippen LogP contribution >= 0.6 is 7.94 Å². The topological polar surface area (TPSA) is 60.7 Å². The van der Waals surface area contributed by atoms with Gasteiger partial charge < -0.3 is 0 Å². The van der Waals surface area contributed by atoms with Crippen LogP contribution in [0.2, 0.25) is 0 Å². The van der Waals surface area contributed by atoms with Crippen LogP contribution in [0, 0.1) is 0 Å². The molecule has 0 bridgehead atoms. The maximum Gasteiger partial charge on any atom is 0.440 e. The Bertz CT molecular complexity index is 209. The van der Waals surface area contributed by atoms with Crippen molar-refractivity contribution in [1.82, 2.24) is 0 Å². The molecule has 0 saturated heterocycles. The quantitative estimate of drug-likeness (QED) is 0.467. The van der Waals surface area contributed by atoms with Crippen LogP contribution in [-0.2, 0) is 19.5 Å². The molecule has 0 aromatic heterocycles. The fourth-order valence-electron chi connectivity index (χ4n) is 0.628. The average Bonchev–Trinajstić information content (AvgIpc) is 1.88. The zero-order chi connectivity index (χ0) is 7.61. The average molecular weight is 224 g/mol. The summed E-state index contributed by atoms with van der Waals surface area (Å²) in [6.45, 7) is 0. The monoisotopic (exact) mass is 223 g/mol. The van der Waals surface area contributed by atoms with Crippen molar-refractivity contribution < 1.29 is 34.2 Å². The van der Waals surface area contributed by atoms with E-state index in [1.165, 1.54) is 12.1 Å². The summed E-state index contributed by atoms with van der Waals surface area (Å²) >= 11 is 0. The summed E-state index contributed by atoms with van der Waals surface area (Å²) < 4.78 is 0. The van der Waals surface area contributed by atoms with Gasteiger partial charge in [-0.2, -0.15) is 14.7 Å². The third kappa shape index (κ3) is 3.37. The van der Waals surface area contributed by atoms with Crippen LogP contribution < -0.4 is 5.30 Å². The molecule has 0 aliphatic rings. The van der Waals surface area contributed by atoms with Crippen molar-refractivity contribution >= 4 is 13.2 Å². The molecule has 0 fully saturated rings. The molecule has 56 valence electrons. The van der Waals surface area contributed by atoms with Crippen LogP contribution in [-0.4, -0.2) is 14.7 Å². The summed E-state index contributed by atoms with van der Waals surface area (Å²) in [7, 11) is -3.77. The molecule has 3 N–H and O–H groups in total. The normalized spacial score (nSPS) is 10.5. The Kier molecular flexibility index (Phi) is 4.31. The van der Waals surface area contributed by atoms with Gasteiger partial charge in [-0.25, -0.2) is 0 Å². The van der Waals surface area contributed by atoms with E-state index in [4.69, 9.17) is 14.7 Å². The molecular weight excluding hydrogens is 216 g/mol. The van der Waals surface area contributed by atoms with E-state index in [0.717, 1.165) is 0 Å². The second kappa shape index (κ2) is 4.25. The van der Waals surface area contributed by atoms with Gasteiger partial charge in [-0.15, -0.1) is 0 Å². The Morgan fingerprint density at radius 3 is 1.64 bits per heavy atom. The summed E-state index contributed by atoms with van der Waals surface area (Å²) in [5, 5.41) is 0.176. The van der Waals surface area contributed by atoms with E-state index in [2.05, 4.69) is 0 Å². The number of benzene rings is 1. The van der Waals surface area contributed by atoms with Gasteiger partial charge in [0.15, 0.2) is 5.30 Å². The molecule has 1 rings (SSSR count). The second-order valence-corrected chi connectivity index (χ2v) is 3.56. The van der Waals surface area contributed by atoms with E-state index in [1.807, 2.05) is 0 Å². The molecule has 0 spiro atoms. The van der Waals surface area contributed by atoms with E-state index in [9.17, 15) is 0 Å². The summed E-state index contributed by atoms with van der Waals surface area (Å²) in [5.41, 5.74) is 0. The second-order valence-electron chi connectivity index (χ2n) is 1.90. The van der Waals surface area contributed by atoms with Crippen molar-refractivity contribution in [2.75, 3.05) is 0 Å². The Labute approximate surface area is 78.0 Å². The fourth-order valence-corrected chi connectivity index (χ4v) is 1.20. The van der Waals surface area contributed by atoms with Crippen LogP contribution in [0.4, 0.5) is 0 Å². The zero-order valence-electron chi connectivity index (χ0n) is 5.88. The van der Waals surface area contributed by atoms with Gasteiger partial charge in [-0.05, 0) is 12.1 Å². The SMILES string of the molecule is O[P+](O)(O)c1ccccc1.[Zn]. The minimum atomic E-state index is -3.77. The number of rotatable bonds is 1. The summed E-state index contributed by atoms with van der Waals surface area (Å²) in [6.07, 6.45) is 0. The molecule has 3 nitrogen and oxygen atoms in total. The maximum atomic E-state index is 8.71. The van der Waals surface area contributed by atoms with Crippen LogP contribution in [0.25, 0.3) is 0 Å². The maximum absolute atomic E-state index is 8.71. The molecular formula is C6H8O3PZn+. The third-order valence-electron chi connectivity index (χ3n) is 1.10. The Morgan fingerprint density at radius 1 is 0.909 bits per heavy atom. The first-order chi connectivity index (χ1) is 4.61. The Hall–Kier alpha value is 0.153. The van der Waals surface area contributed by atoms with E-state index in [0.29, 0.717) is 0 Å². The first-order valence-electron chi connectivity index (χ1n) is 2.73. The van der Waals surface area contributed by atoms with Gasteiger partial charge in [-0.1, -0.05) is 18.2 Å². The van der Waals surface area contributed by atoms with Crippen molar-refractivity contribution in [2.24, 2.45) is 0 Å². The predicted molar refractivity (Wildman–Crippen MR) is 39.7 cm³/mol. The van der Waals surface area contributed by atoms with Gasteiger partial charge in [0, 0.05) is 19.5 Å². The van der Waals surface area contributed by atoms with E-state index < -0.39 is 7.94 Å². The van der Waals surface area contributed by atoms with Crippen LogP contribution in [0.1, 0.15) is 0 Å². The Morgan fingerprint density at radius 2 is 1.36 bits per heavy atom. The minimum absolute atomic E-state index is 0. The van der Waals surface area contributed by atoms with Crippen molar-refractivity contribution in [3.05, 3.63) is 30.3 Å². The first kappa shape index (κ1) is 11.2. The van der Waals surface area contributed by atoms with Gasteiger partial charge in [0.2, 0.25) is 0 Å². The molecule has 0 aliphatic carbocycles.